The molecule has 0 bridgehead atoms. The van der Waals surface area contributed by atoms with Crippen LogP contribution < -0.4 is 10.5 Å². The first-order valence-corrected chi connectivity index (χ1v) is 7.34. The van der Waals surface area contributed by atoms with Gasteiger partial charge in [0.25, 0.3) is 0 Å². The maximum absolute atomic E-state index is 12.9. The van der Waals surface area contributed by atoms with Gasteiger partial charge in [-0.15, -0.1) is 0 Å². The smallest absolute Gasteiger partial charge is 0.216 e. The van der Waals surface area contributed by atoms with E-state index in [9.17, 15) is 12.8 Å². The summed E-state index contributed by atoms with van der Waals surface area (Å²) < 4.78 is 39.2. The van der Waals surface area contributed by atoms with Crippen molar-refractivity contribution in [1.82, 2.24) is 4.72 Å². The Morgan fingerprint density at radius 1 is 1.44 bits per heavy atom. The predicted molar refractivity (Wildman–Crippen MR) is 70.3 cm³/mol. The zero-order valence-corrected chi connectivity index (χ0v) is 11.8. The molecule has 0 fully saturated rings. The maximum atomic E-state index is 12.9. The van der Waals surface area contributed by atoms with Gasteiger partial charge in [-0.2, -0.15) is 0 Å². The van der Waals surface area contributed by atoms with E-state index in [-0.39, 0.29) is 17.3 Å². The molecule has 0 unspecified atom stereocenters. The van der Waals surface area contributed by atoms with Crippen molar-refractivity contribution in [2.45, 2.75) is 25.1 Å². The highest BCUT2D eigenvalue weighted by Gasteiger charge is 2.23. The molecule has 0 spiro atoms. The lowest BCUT2D eigenvalue weighted by atomic mass is 10.1. The van der Waals surface area contributed by atoms with Crippen LogP contribution in [0.25, 0.3) is 0 Å². The number of benzene rings is 1. The number of hydrogen-bond donors (Lipinski definition) is 2. The fraction of sp³-hybridized carbons (Fsp3) is 0.455. The van der Waals surface area contributed by atoms with E-state index >= 15 is 0 Å². The van der Waals surface area contributed by atoms with Gasteiger partial charge in [0, 0.05) is 12.1 Å². The molecule has 4 nitrogen and oxygen atoms in total. The molecule has 102 valence electrons. The molecule has 0 saturated heterocycles. The molecule has 0 amide bonds. The van der Waals surface area contributed by atoms with Gasteiger partial charge < -0.3 is 5.73 Å². The van der Waals surface area contributed by atoms with Crippen LogP contribution in [-0.4, -0.2) is 20.5 Å². The Kier molecular flexibility index (Phi) is 4.72. The van der Waals surface area contributed by atoms with Crippen molar-refractivity contribution in [1.29, 1.82) is 0 Å². The first kappa shape index (κ1) is 15.4. The molecule has 3 N–H and O–H groups in total. The molecule has 0 aliphatic carbocycles. The van der Waals surface area contributed by atoms with E-state index in [0.29, 0.717) is 5.56 Å². The summed E-state index contributed by atoms with van der Waals surface area (Å²) in [6.45, 7) is 3.54. The van der Waals surface area contributed by atoms with Gasteiger partial charge >= 0.3 is 0 Å². The quantitative estimate of drug-likeness (QED) is 0.867. The Morgan fingerprint density at radius 2 is 2.06 bits per heavy atom. The zero-order chi connectivity index (χ0) is 14.0. The van der Waals surface area contributed by atoms with Crippen molar-refractivity contribution in [2.24, 2.45) is 5.73 Å². The van der Waals surface area contributed by atoms with Crippen LogP contribution in [0, 0.1) is 5.82 Å². The number of sulfonamides is 1. The average Bonchev–Trinajstić information content (AvgIpc) is 2.21. The number of halogens is 2. The second-order valence-corrected chi connectivity index (χ2v) is 6.83. The molecule has 0 atom stereocenters. The summed E-state index contributed by atoms with van der Waals surface area (Å²) in [6.07, 6.45) is 0. The Bertz CT molecular complexity index is 532. The molecule has 1 aromatic carbocycles. The lowest BCUT2D eigenvalue weighted by Crippen LogP contribution is -2.49. The van der Waals surface area contributed by atoms with Crippen LogP contribution in [0.3, 0.4) is 0 Å². The third kappa shape index (κ3) is 4.53. The minimum Gasteiger partial charge on any atom is -0.329 e. The summed E-state index contributed by atoms with van der Waals surface area (Å²) in [5, 5.41) is -0.0965. The number of nitrogens with one attached hydrogen (secondary N) is 1. The monoisotopic (exact) mass is 294 g/mol. The fourth-order valence-electron chi connectivity index (χ4n) is 1.35. The van der Waals surface area contributed by atoms with Crippen LogP contribution in [0.15, 0.2) is 18.2 Å². The summed E-state index contributed by atoms with van der Waals surface area (Å²) in [6, 6.07) is 3.82. The normalized spacial score (nSPS) is 12.7. The molecule has 0 radical (unpaired) electrons. The molecular weight excluding hydrogens is 279 g/mol. The van der Waals surface area contributed by atoms with Gasteiger partial charge in [0.1, 0.15) is 5.82 Å². The minimum absolute atomic E-state index is 0.0965. The van der Waals surface area contributed by atoms with Crippen molar-refractivity contribution in [2.75, 3.05) is 6.54 Å². The molecule has 0 saturated carbocycles. The molecular formula is C11H16ClFN2O2S. The third-order valence-corrected chi connectivity index (χ3v) is 4.15. The molecule has 7 heteroatoms. The van der Waals surface area contributed by atoms with Gasteiger partial charge in [-0.05, 0) is 31.5 Å². The molecule has 0 aliphatic heterocycles. The van der Waals surface area contributed by atoms with Crippen molar-refractivity contribution in [3.05, 3.63) is 34.6 Å². The number of nitrogens with two attached hydrogens (primary N) is 1. The van der Waals surface area contributed by atoms with E-state index in [0.717, 1.165) is 6.07 Å². The van der Waals surface area contributed by atoms with Crippen LogP contribution in [-0.2, 0) is 15.8 Å². The first-order chi connectivity index (χ1) is 8.15. The van der Waals surface area contributed by atoms with E-state index in [1.165, 1.54) is 12.1 Å². The summed E-state index contributed by atoms with van der Waals surface area (Å²) in [7, 11) is -3.55. The zero-order valence-electron chi connectivity index (χ0n) is 10.2. The Labute approximate surface area is 111 Å². The second-order valence-electron chi connectivity index (χ2n) is 4.70. The van der Waals surface area contributed by atoms with Crippen LogP contribution in [0.1, 0.15) is 19.4 Å². The molecule has 1 rings (SSSR count). The molecule has 0 aliphatic rings. The van der Waals surface area contributed by atoms with Crippen LogP contribution in [0.4, 0.5) is 4.39 Å². The second kappa shape index (κ2) is 5.52. The highest BCUT2D eigenvalue weighted by atomic mass is 35.5. The molecule has 0 aromatic heterocycles. The highest BCUT2D eigenvalue weighted by molar-refractivity contribution is 7.88. The molecule has 1 aromatic rings. The Hall–Kier alpha value is -0.690. The number of hydrogen-bond acceptors (Lipinski definition) is 3. The van der Waals surface area contributed by atoms with E-state index in [1.54, 1.807) is 13.8 Å². The fourth-order valence-corrected chi connectivity index (χ4v) is 3.17. The molecule has 18 heavy (non-hydrogen) atoms. The summed E-state index contributed by atoms with van der Waals surface area (Å²) in [4.78, 5) is 0. The van der Waals surface area contributed by atoms with Crippen molar-refractivity contribution < 1.29 is 12.8 Å². The van der Waals surface area contributed by atoms with Gasteiger partial charge in [0.05, 0.1) is 10.8 Å². The Morgan fingerprint density at radius 3 is 2.56 bits per heavy atom. The summed E-state index contributed by atoms with van der Waals surface area (Å²) in [5.41, 5.74) is 5.15. The standard InChI is InChI=1S/C11H16ClFN2O2S/c1-11(2,7-14)15-18(16,17)6-8-3-4-10(13)9(12)5-8/h3-5,15H,6-7,14H2,1-2H3. The SMILES string of the molecule is CC(C)(CN)NS(=O)(=O)Cc1ccc(F)c(Cl)c1. The van der Waals surface area contributed by atoms with E-state index in [2.05, 4.69) is 4.72 Å². The maximum Gasteiger partial charge on any atom is 0.216 e. The van der Waals surface area contributed by atoms with Crippen LogP contribution in [0.5, 0.6) is 0 Å². The van der Waals surface area contributed by atoms with E-state index < -0.39 is 21.4 Å². The van der Waals surface area contributed by atoms with Gasteiger partial charge in [-0.3, -0.25) is 0 Å². The van der Waals surface area contributed by atoms with Gasteiger partial charge in [0.15, 0.2) is 0 Å². The van der Waals surface area contributed by atoms with E-state index in [1.807, 2.05) is 0 Å². The topological polar surface area (TPSA) is 72.2 Å². The van der Waals surface area contributed by atoms with Gasteiger partial charge in [-0.25, -0.2) is 17.5 Å². The minimum atomic E-state index is -3.55. The summed E-state index contributed by atoms with van der Waals surface area (Å²) >= 11 is 5.59. The lowest BCUT2D eigenvalue weighted by molar-refractivity contribution is 0.462. The first-order valence-electron chi connectivity index (χ1n) is 5.31. The molecule has 0 heterocycles. The average molecular weight is 295 g/mol. The Balaban J connectivity index is 2.86. The van der Waals surface area contributed by atoms with Gasteiger partial charge in [0.2, 0.25) is 10.0 Å². The van der Waals surface area contributed by atoms with Crippen molar-refractivity contribution in [3.63, 3.8) is 0 Å². The lowest BCUT2D eigenvalue weighted by Gasteiger charge is -2.23. The summed E-state index contributed by atoms with van der Waals surface area (Å²) in [5.74, 6) is -0.843. The third-order valence-electron chi connectivity index (χ3n) is 2.28. The van der Waals surface area contributed by atoms with Gasteiger partial charge in [-0.1, -0.05) is 17.7 Å². The number of rotatable bonds is 5. The predicted octanol–water partition coefficient (Wildman–Crippen LogP) is 1.64. The van der Waals surface area contributed by atoms with Crippen molar-refractivity contribution >= 4 is 21.6 Å². The van der Waals surface area contributed by atoms with E-state index in [4.69, 9.17) is 17.3 Å². The highest BCUT2D eigenvalue weighted by Crippen LogP contribution is 2.18. The van der Waals surface area contributed by atoms with Crippen LogP contribution >= 0.6 is 11.6 Å². The van der Waals surface area contributed by atoms with Crippen LogP contribution in [0.2, 0.25) is 5.02 Å². The van der Waals surface area contributed by atoms with Crippen molar-refractivity contribution in [3.8, 4) is 0 Å². The largest absolute Gasteiger partial charge is 0.329 e.